The molecule has 5 nitrogen and oxygen atoms in total. The number of aromatic nitrogens is 2. The van der Waals surface area contributed by atoms with Crippen LogP contribution < -0.4 is 5.32 Å². The smallest absolute Gasteiger partial charge is 0.0902 e. The van der Waals surface area contributed by atoms with Crippen molar-refractivity contribution in [3.05, 3.63) is 18.0 Å². The second kappa shape index (κ2) is 5.16. The van der Waals surface area contributed by atoms with E-state index >= 15 is 0 Å². The molecule has 0 atom stereocenters. The van der Waals surface area contributed by atoms with Gasteiger partial charge in [0, 0.05) is 45.0 Å². The fraction of sp³-hybridized carbons (Fsp3) is 0.750. The molecule has 1 aliphatic heterocycles. The van der Waals surface area contributed by atoms with Crippen molar-refractivity contribution in [1.82, 2.24) is 20.0 Å². The van der Waals surface area contributed by atoms with Crippen LogP contribution in [-0.2, 0) is 18.3 Å². The Labute approximate surface area is 103 Å². The third-order valence-corrected chi connectivity index (χ3v) is 3.13. The summed E-state index contributed by atoms with van der Waals surface area (Å²) in [6.07, 6.45) is 3.96. The molecule has 0 aliphatic carbocycles. The van der Waals surface area contributed by atoms with Gasteiger partial charge in [0.25, 0.3) is 0 Å². The molecule has 2 rings (SSSR count). The molecule has 1 N–H and O–H groups in total. The number of likely N-dealkylation sites (N-methyl/N-ethyl adjacent to an activating group) is 1. The van der Waals surface area contributed by atoms with Gasteiger partial charge in [-0.15, -0.1) is 0 Å². The molecule has 0 bridgehead atoms. The van der Waals surface area contributed by atoms with E-state index in [0.717, 1.165) is 32.8 Å². The number of hydrogen-bond donors (Lipinski definition) is 1. The lowest BCUT2D eigenvalue weighted by Gasteiger charge is -2.39. The van der Waals surface area contributed by atoms with Crippen molar-refractivity contribution in [2.45, 2.75) is 19.1 Å². The van der Waals surface area contributed by atoms with E-state index in [4.69, 9.17) is 4.74 Å². The zero-order valence-corrected chi connectivity index (χ0v) is 10.9. The van der Waals surface area contributed by atoms with Crippen LogP contribution in [0.4, 0.5) is 0 Å². The van der Waals surface area contributed by atoms with E-state index in [1.54, 1.807) is 0 Å². The molecule has 1 aliphatic rings. The van der Waals surface area contributed by atoms with E-state index in [2.05, 4.69) is 35.5 Å². The summed E-state index contributed by atoms with van der Waals surface area (Å²) in [4.78, 5) is 2.26. The second-order valence-corrected chi connectivity index (χ2v) is 5.16. The van der Waals surface area contributed by atoms with E-state index in [0.29, 0.717) is 0 Å². The first-order valence-electron chi connectivity index (χ1n) is 6.08. The lowest BCUT2D eigenvalue weighted by Crippen LogP contribution is -2.59. The number of rotatable bonds is 6. The summed E-state index contributed by atoms with van der Waals surface area (Å²) in [6, 6.07) is 0. The van der Waals surface area contributed by atoms with Crippen LogP contribution in [0.5, 0.6) is 0 Å². The Morgan fingerprint density at radius 1 is 1.59 bits per heavy atom. The number of aryl methyl sites for hydroxylation is 1. The Bertz CT molecular complexity index is 359. The van der Waals surface area contributed by atoms with Crippen molar-refractivity contribution in [3.63, 3.8) is 0 Å². The van der Waals surface area contributed by atoms with Gasteiger partial charge in [-0.3, -0.25) is 9.58 Å². The Morgan fingerprint density at radius 2 is 2.35 bits per heavy atom. The molecule has 5 heteroatoms. The number of hydrogen-bond acceptors (Lipinski definition) is 4. The van der Waals surface area contributed by atoms with Gasteiger partial charge in [0.05, 0.1) is 18.4 Å². The number of nitrogens with one attached hydrogen (secondary N) is 1. The SMILES string of the molecule is CN(CCOC1(C)CNC1)Cc1cnn(C)c1. The minimum Gasteiger partial charge on any atom is -0.371 e. The van der Waals surface area contributed by atoms with Crippen LogP contribution in [-0.4, -0.2) is 53.6 Å². The summed E-state index contributed by atoms with van der Waals surface area (Å²) in [7, 11) is 4.05. The Kier molecular flexibility index (Phi) is 3.81. The lowest BCUT2D eigenvalue weighted by atomic mass is 10.0. The van der Waals surface area contributed by atoms with Crippen LogP contribution >= 0.6 is 0 Å². The van der Waals surface area contributed by atoms with E-state index in [1.165, 1.54) is 5.56 Å². The zero-order chi connectivity index (χ0) is 12.3. The third-order valence-electron chi connectivity index (χ3n) is 3.13. The molecule has 1 aromatic heterocycles. The molecule has 0 radical (unpaired) electrons. The van der Waals surface area contributed by atoms with Crippen molar-refractivity contribution in [2.24, 2.45) is 7.05 Å². The van der Waals surface area contributed by atoms with Gasteiger partial charge < -0.3 is 10.1 Å². The van der Waals surface area contributed by atoms with Gasteiger partial charge in [0.15, 0.2) is 0 Å². The lowest BCUT2D eigenvalue weighted by molar-refractivity contribution is -0.0712. The first-order valence-corrected chi connectivity index (χ1v) is 6.08. The normalized spacial score (nSPS) is 18.4. The fourth-order valence-corrected chi connectivity index (χ4v) is 1.97. The van der Waals surface area contributed by atoms with E-state index < -0.39 is 0 Å². The maximum absolute atomic E-state index is 5.85. The van der Waals surface area contributed by atoms with Gasteiger partial charge in [-0.2, -0.15) is 5.10 Å². The molecule has 1 fully saturated rings. The Balaban J connectivity index is 1.65. The highest BCUT2D eigenvalue weighted by atomic mass is 16.5. The average Bonchev–Trinajstić information content (AvgIpc) is 2.61. The van der Waals surface area contributed by atoms with Crippen LogP contribution in [0.15, 0.2) is 12.4 Å². The van der Waals surface area contributed by atoms with Crippen molar-refractivity contribution in [2.75, 3.05) is 33.3 Å². The molecule has 0 aromatic carbocycles. The fourth-order valence-electron chi connectivity index (χ4n) is 1.97. The first-order chi connectivity index (χ1) is 8.07. The third kappa shape index (κ3) is 3.52. The molecule has 96 valence electrons. The molecule has 0 unspecified atom stereocenters. The molecular formula is C12H22N4O. The molecule has 2 heterocycles. The Hall–Kier alpha value is -0.910. The van der Waals surface area contributed by atoms with Gasteiger partial charge in [-0.05, 0) is 14.0 Å². The molecule has 1 aromatic rings. The highest BCUT2D eigenvalue weighted by molar-refractivity contribution is 5.02. The minimum absolute atomic E-state index is 0.0646. The van der Waals surface area contributed by atoms with Crippen molar-refractivity contribution in [3.8, 4) is 0 Å². The molecular weight excluding hydrogens is 216 g/mol. The van der Waals surface area contributed by atoms with Crippen LogP contribution in [0.3, 0.4) is 0 Å². The summed E-state index contributed by atoms with van der Waals surface area (Å²) in [5.41, 5.74) is 1.31. The molecule has 0 spiro atoms. The summed E-state index contributed by atoms with van der Waals surface area (Å²) >= 11 is 0. The van der Waals surface area contributed by atoms with E-state index in [-0.39, 0.29) is 5.60 Å². The number of ether oxygens (including phenoxy) is 1. The van der Waals surface area contributed by atoms with Crippen molar-refractivity contribution in [1.29, 1.82) is 0 Å². The van der Waals surface area contributed by atoms with Crippen LogP contribution in [0.1, 0.15) is 12.5 Å². The predicted octanol–water partition coefficient (Wildman–Crippen LogP) is 0.230. The van der Waals surface area contributed by atoms with Crippen LogP contribution in [0, 0.1) is 0 Å². The standard InChI is InChI=1S/C12H22N4O/c1-12(9-13-10-12)17-5-4-15(2)7-11-6-14-16(3)8-11/h6,8,13H,4-5,7,9-10H2,1-3H3. The summed E-state index contributed by atoms with van der Waals surface area (Å²) in [6.45, 7) is 6.76. The molecule has 1 saturated heterocycles. The van der Waals surface area contributed by atoms with E-state index in [1.807, 2.05) is 17.9 Å². The van der Waals surface area contributed by atoms with Crippen molar-refractivity contribution >= 4 is 0 Å². The zero-order valence-electron chi connectivity index (χ0n) is 10.9. The molecule has 17 heavy (non-hydrogen) atoms. The second-order valence-electron chi connectivity index (χ2n) is 5.16. The molecule has 0 amide bonds. The summed E-state index contributed by atoms with van der Waals surface area (Å²) < 4.78 is 7.69. The summed E-state index contributed by atoms with van der Waals surface area (Å²) in [5.74, 6) is 0. The van der Waals surface area contributed by atoms with E-state index in [9.17, 15) is 0 Å². The first kappa shape index (κ1) is 12.5. The quantitative estimate of drug-likeness (QED) is 0.770. The largest absolute Gasteiger partial charge is 0.371 e. The monoisotopic (exact) mass is 238 g/mol. The average molecular weight is 238 g/mol. The van der Waals surface area contributed by atoms with Gasteiger partial charge in [0.2, 0.25) is 0 Å². The molecule has 0 saturated carbocycles. The minimum atomic E-state index is 0.0646. The van der Waals surface area contributed by atoms with Crippen molar-refractivity contribution < 1.29 is 4.74 Å². The number of nitrogens with zero attached hydrogens (tertiary/aromatic N) is 3. The van der Waals surface area contributed by atoms with Crippen LogP contribution in [0.25, 0.3) is 0 Å². The summed E-state index contributed by atoms with van der Waals surface area (Å²) in [5, 5.41) is 7.39. The van der Waals surface area contributed by atoms with Gasteiger partial charge in [-0.25, -0.2) is 0 Å². The Morgan fingerprint density at radius 3 is 2.88 bits per heavy atom. The van der Waals surface area contributed by atoms with Crippen LogP contribution in [0.2, 0.25) is 0 Å². The highest BCUT2D eigenvalue weighted by Gasteiger charge is 2.32. The van der Waals surface area contributed by atoms with Gasteiger partial charge >= 0.3 is 0 Å². The topological polar surface area (TPSA) is 42.3 Å². The van der Waals surface area contributed by atoms with Gasteiger partial charge in [0.1, 0.15) is 0 Å². The maximum Gasteiger partial charge on any atom is 0.0902 e. The maximum atomic E-state index is 5.85. The predicted molar refractivity (Wildman–Crippen MR) is 66.8 cm³/mol. The highest BCUT2D eigenvalue weighted by Crippen LogP contribution is 2.14. The van der Waals surface area contributed by atoms with Gasteiger partial charge in [-0.1, -0.05) is 0 Å².